The first-order valence-corrected chi connectivity index (χ1v) is 9.06. The number of aromatic nitrogens is 1. The number of amides is 1. The number of nitrogens with zero attached hydrogens (tertiary/aromatic N) is 1. The Morgan fingerprint density at radius 3 is 2.21 bits per heavy atom. The van der Waals surface area contributed by atoms with Crippen LogP contribution in [-0.4, -0.2) is 33.4 Å². The summed E-state index contributed by atoms with van der Waals surface area (Å²) in [5.41, 5.74) is 6.61. The van der Waals surface area contributed by atoms with Gasteiger partial charge in [0.15, 0.2) is 0 Å². The monoisotopic (exact) mass is 382 g/mol. The maximum atomic E-state index is 12.6. The number of carboxylic acids is 1. The number of nitrogens with two attached hydrogens (primary N) is 1. The highest BCUT2D eigenvalue weighted by atomic mass is 16.4. The third-order valence-corrected chi connectivity index (χ3v) is 5.04. The maximum absolute atomic E-state index is 12.6. The van der Waals surface area contributed by atoms with Gasteiger partial charge in [-0.1, -0.05) is 0 Å². The van der Waals surface area contributed by atoms with Crippen molar-refractivity contribution in [2.24, 2.45) is 11.7 Å². The number of hydrogen-bond donors (Lipinski definition) is 4. The summed E-state index contributed by atoms with van der Waals surface area (Å²) in [5.74, 6) is -1.49. The van der Waals surface area contributed by atoms with Crippen LogP contribution >= 0.6 is 0 Å². The largest absolute Gasteiger partial charge is 0.481 e. The van der Waals surface area contributed by atoms with E-state index in [1.165, 1.54) is 22.9 Å². The first-order chi connectivity index (χ1) is 13.3. The summed E-state index contributed by atoms with van der Waals surface area (Å²) in [7, 11) is 0. The van der Waals surface area contributed by atoms with Gasteiger partial charge >= 0.3 is 5.97 Å². The van der Waals surface area contributed by atoms with Gasteiger partial charge in [-0.2, -0.15) is 0 Å². The molecule has 3 rings (SSSR count). The molecule has 1 saturated carbocycles. The molecule has 5 N–H and O–H groups in total. The minimum absolute atomic E-state index is 0.0651. The van der Waals surface area contributed by atoms with Crippen molar-refractivity contribution in [3.8, 4) is 5.69 Å². The molecule has 0 aliphatic heterocycles. The number of pyridine rings is 1. The molecule has 0 bridgehead atoms. The highest BCUT2D eigenvalue weighted by molar-refractivity contribution is 5.95. The van der Waals surface area contributed by atoms with E-state index in [1.807, 2.05) is 0 Å². The molecule has 0 saturated heterocycles. The third kappa shape index (κ3) is 4.28. The van der Waals surface area contributed by atoms with Crippen molar-refractivity contribution >= 4 is 17.7 Å². The molecule has 0 atom stereocenters. The molecular formula is C20H22N4O4. The minimum atomic E-state index is -0.785. The Hall–Kier alpha value is -3.42. The lowest BCUT2D eigenvalue weighted by atomic mass is 9.86. The standard InChI is InChI=1S/C20H22N4O4/c21-18(22)12-3-8-16(9-4-12)24-11-14(5-10-17(24)25)19(26)23-15-6-1-13(2-7-15)20(27)28/h3-5,8-11,13,15H,1-2,6-7H2,(H3,21,22)(H,23,26)(H,27,28)/t13-,15-. The van der Waals surface area contributed by atoms with Gasteiger partial charge < -0.3 is 16.2 Å². The SMILES string of the molecule is N=C(N)c1ccc(-n2cc(C(=O)N[C@H]3CC[C@H](C(=O)O)CC3)ccc2=O)cc1. The Bertz CT molecular complexity index is 957. The van der Waals surface area contributed by atoms with E-state index in [-0.39, 0.29) is 29.3 Å². The lowest BCUT2D eigenvalue weighted by Crippen LogP contribution is -2.39. The van der Waals surface area contributed by atoms with Crippen LogP contribution < -0.4 is 16.6 Å². The first kappa shape index (κ1) is 19.3. The number of rotatable bonds is 5. The van der Waals surface area contributed by atoms with Crippen LogP contribution in [-0.2, 0) is 4.79 Å². The average molecular weight is 382 g/mol. The molecule has 0 radical (unpaired) electrons. The fourth-order valence-corrected chi connectivity index (χ4v) is 3.38. The Kier molecular flexibility index (Phi) is 5.58. The van der Waals surface area contributed by atoms with E-state index in [4.69, 9.17) is 16.2 Å². The highest BCUT2D eigenvalue weighted by Crippen LogP contribution is 2.24. The number of amidine groups is 1. The van der Waals surface area contributed by atoms with Gasteiger partial charge in [0, 0.05) is 29.6 Å². The number of aliphatic carboxylic acids is 1. The predicted molar refractivity (Wildman–Crippen MR) is 104 cm³/mol. The smallest absolute Gasteiger partial charge is 0.306 e. The molecule has 146 valence electrons. The zero-order valence-corrected chi connectivity index (χ0v) is 15.2. The van der Waals surface area contributed by atoms with Crippen LogP contribution in [0.4, 0.5) is 0 Å². The van der Waals surface area contributed by atoms with E-state index in [2.05, 4.69) is 5.32 Å². The highest BCUT2D eigenvalue weighted by Gasteiger charge is 2.27. The summed E-state index contributed by atoms with van der Waals surface area (Å²) >= 11 is 0. The van der Waals surface area contributed by atoms with Gasteiger partial charge in [-0.25, -0.2) is 0 Å². The van der Waals surface area contributed by atoms with Gasteiger partial charge in [0.2, 0.25) is 0 Å². The van der Waals surface area contributed by atoms with E-state index in [0.29, 0.717) is 42.5 Å². The second kappa shape index (κ2) is 8.08. The Morgan fingerprint density at radius 2 is 1.64 bits per heavy atom. The molecule has 28 heavy (non-hydrogen) atoms. The van der Waals surface area contributed by atoms with Crippen LogP contribution in [0.15, 0.2) is 47.4 Å². The zero-order valence-electron chi connectivity index (χ0n) is 15.2. The molecular weight excluding hydrogens is 360 g/mol. The molecule has 8 heteroatoms. The van der Waals surface area contributed by atoms with Crippen molar-refractivity contribution in [3.63, 3.8) is 0 Å². The number of nitrogen functional groups attached to an aromatic ring is 1. The summed E-state index contributed by atoms with van der Waals surface area (Å²) in [5, 5.41) is 19.4. The van der Waals surface area contributed by atoms with Gasteiger partial charge in [0.25, 0.3) is 11.5 Å². The van der Waals surface area contributed by atoms with Crippen LogP contribution in [0.3, 0.4) is 0 Å². The van der Waals surface area contributed by atoms with Crippen LogP contribution in [0.2, 0.25) is 0 Å². The molecule has 1 amide bonds. The quantitative estimate of drug-likeness (QED) is 0.458. The minimum Gasteiger partial charge on any atom is -0.481 e. The van der Waals surface area contributed by atoms with Crippen molar-refractivity contribution in [2.45, 2.75) is 31.7 Å². The summed E-state index contributed by atoms with van der Waals surface area (Å²) in [4.78, 5) is 35.8. The summed E-state index contributed by atoms with van der Waals surface area (Å²) in [6, 6.07) is 9.32. The number of nitrogens with one attached hydrogen (secondary N) is 2. The molecule has 0 spiro atoms. The third-order valence-electron chi connectivity index (χ3n) is 5.04. The molecule has 1 aromatic carbocycles. The van der Waals surface area contributed by atoms with E-state index >= 15 is 0 Å². The second-order valence-corrected chi connectivity index (χ2v) is 6.95. The number of carboxylic acid groups (broad SMARTS) is 1. The molecule has 1 aromatic heterocycles. The summed E-state index contributed by atoms with van der Waals surface area (Å²) in [6.07, 6.45) is 3.80. The van der Waals surface area contributed by atoms with Crippen LogP contribution in [0.25, 0.3) is 5.69 Å². The average Bonchev–Trinajstić information content (AvgIpc) is 2.68. The summed E-state index contributed by atoms with van der Waals surface area (Å²) < 4.78 is 1.36. The normalized spacial score (nSPS) is 19.0. The summed E-state index contributed by atoms with van der Waals surface area (Å²) in [6.45, 7) is 0. The topological polar surface area (TPSA) is 138 Å². The number of carbonyl (C=O) groups excluding carboxylic acids is 1. The lowest BCUT2D eigenvalue weighted by Gasteiger charge is -2.26. The van der Waals surface area contributed by atoms with Crippen molar-refractivity contribution in [2.75, 3.05) is 0 Å². The fraction of sp³-hybridized carbons (Fsp3) is 0.300. The Morgan fingerprint density at radius 1 is 1.04 bits per heavy atom. The van der Waals surface area contributed by atoms with Crippen LogP contribution in [0.1, 0.15) is 41.6 Å². The Labute approximate surface area is 161 Å². The van der Waals surface area contributed by atoms with Crippen molar-refractivity contribution in [1.82, 2.24) is 9.88 Å². The van der Waals surface area contributed by atoms with E-state index in [1.54, 1.807) is 24.3 Å². The van der Waals surface area contributed by atoms with Crippen molar-refractivity contribution in [3.05, 3.63) is 64.1 Å². The zero-order chi connectivity index (χ0) is 20.3. The predicted octanol–water partition coefficient (Wildman–Crippen LogP) is 1.49. The van der Waals surface area contributed by atoms with Gasteiger partial charge in [0.05, 0.1) is 11.5 Å². The second-order valence-electron chi connectivity index (χ2n) is 6.95. The Balaban J connectivity index is 1.74. The van der Waals surface area contributed by atoms with Gasteiger partial charge in [-0.05, 0) is 56.0 Å². The number of hydrogen-bond acceptors (Lipinski definition) is 4. The molecule has 1 aliphatic carbocycles. The lowest BCUT2D eigenvalue weighted by molar-refractivity contribution is -0.142. The molecule has 1 aliphatic rings. The van der Waals surface area contributed by atoms with E-state index in [9.17, 15) is 14.4 Å². The fourth-order valence-electron chi connectivity index (χ4n) is 3.38. The van der Waals surface area contributed by atoms with Crippen molar-refractivity contribution in [1.29, 1.82) is 5.41 Å². The molecule has 0 unspecified atom stereocenters. The number of benzene rings is 1. The molecule has 1 heterocycles. The van der Waals surface area contributed by atoms with E-state index in [0.717, 1.165) is 0 Å². The van der Waals surface area contributed by atoms with Gasteiger partial charge in [-0.15, -0.1) is 0 Å². The molecule has 8 nitrogen and oxygen atoms in total. The van der Waals surface area contributed by atoms with Crippen LogP contribution in [0, 0.1) is 11.3 Å². The van der Waals surface area contributed by atoms with Crippen LogP contribution in [0.5, 0.6) is 0 Å². The van der Waals surface area contributed by atoms with Gasteiger partial charge in [-0.3, -0.25) is 24.4 Å². The number of carbonyl (C=O) groups is 2. The van der Waals surface area contributed by atoms with E-state index < -0.39 is 5.97 Å². The first-order valence-electron chi connectivity index (χ1n) is 9.06. The van der Waals surface area contributed by atoms with Gasteiger partial charge in [0.1, 0.15) is 5.84 Å². The molecule has 1 fully saturated rings. The van der Waals surface area contributed by atoms with Crippen molar-refractivity contribution < 1.29 is 14.7 Å². The molecule has 2 aromatic rings. The maximum Gasteiger partial charge on any atom is 0.306 e.